The molecule has 0 saturated carbocycles. The molecule has 0 unspecified atom stereocenters. The summed E-state index contributed by atoms with van der Waals surface area (Å²) in [7, 11) is 1.91. The van der Waals surface area contributed by atoms with Crippen LogP contribution in [-0.2, 0) is 0 Å². The molecule has 0 amide bonds. The molecule has 0 saturated heterocycles. The van der Waals surface area contributed by atoms with Gasteiger partial charge in [-0.25, -0.2) is 0 Å². The maximum Gasteiger partial charge on any atom is 0.0504 e. The normalized spacial score (nSPS) is 13.5. The number of allylic oxidation sites excluding steroid dienone is 1. The minimum Gasteiger partial charge on any atom is -0.314 e. The maximum absolute atomic E-state index is 4.37. The predicted molar refractivity (Wildman–Crippen MR) is 64.4 cm³/mol. The van der Waals surface area contributed by atoms with Crippen molar-refractivity contribution < 1.29 is 0 Å². The molecule has 3 heteroatoms. The molecule has 0 rings (SSSR count). The molecule has 80 valence electrons. The Morgan fingerprint density at radius 3 is 2.50 bits per heavy atom. The largest absolute Gasteiger partial charge is 0.314 e. The molecular weight excluding hydrogens is 174 g/mol. The summed E-state index contributed by atoms with van der Waals surface area (Å²) < 4.78 is 0. The molecule has 0 radical (unpaired) electrons. The van der Waals surface area contributed by atoms with Crippen LogP contribution in [0, 0.1) is 5.92 Å². The van der Waals surface area contributed by atoms with E-state index in [1.54, 1.807) is 0 Å². The zero-order valence-electron chi connectivity index (χ0n) is 9.67. The van der Waals surface area contributed by atoms with Crippen LogP contribution < -0.4 is 5.32 Å². The number of hydrogen-bond donors (Lipinski definition) is 1. The van der Waals surface area contributed by atoms with Crippen molar-refractivity contribution in [1.82, 2.24) is 5.32 Å². The Bertz CT molecular complexity index is 227. The molecule has 0 aliphatic heterocycles. The van der Waals surface area contributed by atoms with Gasteiger partial charge in [-0.3, -0.25) is 9.98 Å². The topological polar surface area (TPSA) is 36.8 Å². The van der Waals surface area contributed by atoms with E-state index in [4.69, 9.17) is 0 Å². The Morgan fingerprint density at radius 1 is 1.50 bits per heavy atom. The highest BCUT2D eigenvalue weighted by atomic mass is 14.9. The predicted octanol–water partition coefficient (Wildman–Crippen LogP) is 1.91. The summed E-state index contributed by atoms with van der Waals surface area (Å²) in [5.41, 5.74) is 2.03. The first kappa shape index (κ1) is 13.0. The highest BCUT2D eigenvalue weighted by molar-refractivity contribution is 5.97. The zero-order chi connectivity index (χ0) is 11.0. The van der Waals surface area contributed by atoms with Crippen molar-refractivity contribution in [3.8, 4) is 0 Å². The number of nitrogens with zero attached hydrogens (tertiary/aromatic N) is 2. The van der Waals surface area contributed by atoms with E-state index < -0.39 is 0 Å². The van der Waals surface area contributed by atoms with Crippen molar-refractivity contribution in [1.29, 1.82) is 0 Å². The molecule has 0 aromatic heterocycles. The van der Waals surface area contributed by atoms with E-state index in [0.717, 1.165) is 24.5 Å². The van der Waals surface area contributed by atoms with Gasteiger partial charge in [0.1, 0.15) is 0 Å². The molecule has 1 N–H and O–H groups in total. The van der Waals surface area contributed by atoms with Crippen molar-refractivity contribution in [2.45, 2.75) is 20.8 Å². The molecule has 0 aromatic carbocycles. The van der Waals surface area contributed by atoms with Gasteiger partial charge in [-0.05, 0) is 32.7 Å². The van der Waals surface area contributed by atoms with Crippen LogP contribution in [0.3, 0.4) is 0 Å². The summed E-state index contributed by atoms with van der Waals surface area (Å²) in [4.78, 5) is 8.37. The third-order valence-corrected chi connectivity index (χ3v) is 1.81. The average molecular weight is 195 g/mol. The smallest absolute Gasteiger partial charge is 0.0504 e. The van der Waals surface area contributed by atoms with Gasteiger partial charge in [-0.2, -0.15) is 0 Å². The van der Waals surface area contributed by atoms with Crippen molar-refractivity contribution in [3.05, 3.63) is 11.8 Å². The summed E-state index contributed by atoms with van der Waals surface area (Å²) in [6, 6.07) is 0. The van der Waals surface area contributed by atoms with Crippen molar-refractivity contribution in [2.24, 2.45) is 15.9 Å². The number of nitrogens with one attached hydrogen (secondary N) is 1. The Balaban J connectivity index is 4.67. The quantitative estimate of drug-likeness (QED) is 0.646. The molecule has 0 bridgehead atoms. The fourth-order valence-electron chi connectivity index (χ4n) is 1.10. The lowest BCUT2D eigenvalue weighted by atomic mass is 10.1. The number of rotatable bonds is 6. The lowest BCUT2D eigenvalue weighted by Crippen LogP contribution is -2.18. The molecule has 0 aliphatic rings. The van der Waals surface area contributed by atoms with Gasteiger partial charge in [-0.1, -0.05) is 13.8 Å². The number of aliphatic imine (C=N–C) groups is 2. The van der Waals surface area contributed by atoms with Gasteiger partial charge in [0, 0.05) is 18.8 Å². The Labute approximate surface area is 87.0 Å². The summed E-state index contributed by atoms with van der Waals surface area (Å²) in [6.07, 6.45) is 2.01. The van der Waals surface area contributed by atoms with E-state index in [0.29, 0.717) is 5.92 Å². The van der Waals surface area contributed by atoms with E-state index in [9.17, 15) is 0 Å². The van der Waals surface area contributed by atoms with Gasteiger partial charge in [0.2, 0.25) is 0 Å². The summed E-state index contributed by atoms with van der Waals surface area (Å²) in [6.45, 7) is 11.4. The maximum atomic E-state index is 4.37. The second-order valence-electron chi connectivity index (χ2n) is 3.38. The monoisotopic (exact) mass is 195 g/mol. The van der Waals surface area contributed by atoms with Crippen LogP contribution in [0.1, 0.15) is 20.8 Å². The lowest BCUT2D eigenvalue weighted by Gasteiger charge is -2.06. The van der Waals surface area contributed by atoms with Crippen LogP contribution in [-0.4, -0.2) is 32.6 Å². The fraction of sp³-hybridized carbons (Fsp3) is 0.636. The highest BCUT2D eigenvalue weighted by Gasteiger charge is 2.02. The first-order valence-electron chi connectivity index (χ1n) is 5.01. The Morgan fingerprint density at radius 2 is 2.14 bits per heavy atom. The minimum absolute atomic E-state index is 0.395. The summed E-state index contributed by atoms with van der Waals surface area (Å²) in [5, 5.41) is 3.08. The third-order valence-electron chi connectivity index (χ3n) is 1.81. The first-order valence-corrected chi connectivity index (χ1v) is 5.01. The van der Waals surface area contributed by atoms with Crippen LogP contribution in [0.4, 0.5) is 0 Å². The average Bonchev–Trinajstić information content (AvgIpc) is 2.14. The SMILES string of the molecule is C=N/C(=C\C(CNC)=NCC)C(C)C. The van der Waals surface area contributed by atoms with Crippen LogP contribution in [0.2, 0.25) is 0 Å². The lowest BCUT2D eigenvalue weighted by molar-refractivity contribution is 0.760. The fourth-order valence-corrected chi connectivity index (χ4v) is 1.10. The molecule has 0 fully saturated rings. The van der Waals surface area contributed by atoms with Gasteiger partial charge >= 0.3 is 0 Å². The van der Waals surface area contributed by atoms with Gasteiger partial charge in [-0.15, -0.1) is 0 Å². The standard InChI is InChI=1S/C11H21N3/c1-6-14-10(8-12-4)7-11(13-5)9(2)3/h7,9,12H,5-6,8H2,1-4H3/b11-7-,14-10?. The summed E-state index contributed by atoms with van der Waals surface area (Å²) in [5.74, 6) is 0.395. The highest BCUT2D eigenvalue weighted by Crippen LogP contribution is 2.09. The van der Waals surface area contributed by atoms with Crippen LogP contribution in [0.25, 0.3) is 0 Å². The van der Waals surface area contributed by atoms with Crippen molar-refractivity contribution in [3.63, 3.8) is 0 Å². The second kappa shape index (κ2) is 7.44. The molecule has 0 aromatic rings. The number of hydrogen-bond acceptors (Lipinski definition) is 3. The molecule has 3 nitrogen and oxygen atoms in total. The molecule has 0 aliphatic carbocycles. The van der Waals surface area contributed by atoms with E-state index >= 15 is 0 Å². The van der Waals surface area contributed by atoms with Gasteiger partial charge < -0.3 is 5.32 Å². The van der Waals surface area contributed by atoms with Gasteiger partial charge in [0.05, 0.1) is 5.71 Å². The van der Waals surface area contributed by atoms with Crippen molar-refractivity contribution >= 4 is 12.4 Å². The molecule has 0 spiro atoms. The van der Waals surface area contributed by atoms with E-state index in [1.807, 2.05) is 20.0 Å². The van der Waals surface area contributed by atoms with Crippen LogP contribution >= 0.6 is 0 Å². The Kier molecular flexibility index (Phi) is 6.93. The third kappa shape index (κ3) is 4.92. The zero-order valence-corrected chi connectivity index (χ0v) is 9.67. The van der Waals surface area contributed by atoms with Crippen LogP contribution in [0.15, 0.2) is 21.8 Å². The Hall–Kier alpha value is -0.960. The van der Waals surface area contributed by atoms with Gasteiger partial charge in [0.15, 0.2) is 0 Å². The van der Waals surface area contributed by atoms with Crippen molar-refractivity contribution in [2.75, 3.05) is 20.1 Å². The molecule has 0 atom stereocenters. The minimum atomic E-state index is 0.395. The van der Waals surface area contributed by atoms with Gasteiger partial charge in [0.25, 0.3) is 0 Å². The van der Waals surface area contributed by atoms with E-state index in [1.165, 1.54) is 0 Å². The molecule has 14 heavy (non-hydrogen) atoms. The van der Waals surface area contributed by atoms with Crippen LogP contribution in [0.5, 0.6) is 0 Å². The van der Waals surface area contributed by atoms with E-state index in [-0.39, 0.29) is 0 Å². The summed E-state index contributed by atoms with van der Waals surface area (Å²) >= 11 is 0. The molecular formula is C11H21N3. The second-order valence-corrected chi connectivity index (χ2v) is 3.38. The molecule has 0 heterocycles. The first-order chi connectivity index (χ1) is 6.65. The van der Waals surface area contributed by atoms with E-state index in [2.05, 4.69) is 35.9 Å².